The van der Waals surface area contributed by atoms with Crippen LogP contribution in [0.4, 0.5) is 10.1 Å². The van der Waals surface area contributed by atoms with Gasteiger partial charge in [0.1, 0.15) is 11.6 Å². The van der Waals surface area contributed by atoms with E-state index in [4.69, 9.17) is 10.5 Å². The number of nitrogens with two attached hydrogens (primary N) is 1. The topological polar surface area (TPSA) is 59.6 Å². The minimum absolute atomic E-state index is 0.145. The third-order valence-corrected chi connectivity index (χ3v) is 3.09. The van der Waals surface area contributed by atoms with E-state index in [0.717, 1.165) is 17.0 Å². The van der Waals surface area contributed by atoms with E-state index in [1.165, 1.54) is 12.1 Å². The summed E-state index contributed by atoms with van der Waals surface area (Å²) < 4.78 is 18.4. The number of guanidine groups is 1. The molecule has 0 saturated carbocycles. The summed E-state index contributed by atoms with van der Waals surface area (Å²) in [5.41, 5.74) is 7.74. The average molecular weight is 315 g/mol. The quantitative estimate of drug-likeness (QED) is 0.633. The zero-order chi connectivity index (χ0) is 16.7. The van der Waals surface area contributed by atoms with Gasteiger partial charge in [0.05, 0.1) is 6.10 Å². The van der Waals surface area contributed by atoms with E-state index in [0.29, 0.717) is 18.9 Å². The van der Waals surface area contributed by atoms with Crippen LogP contribution in [0.2, 0.25) is 0 Å². The van der Waals surface area contributed by atoms with Crippen LogP contribution in [0, 0.1) is 5.82 Å². The number of halogens is 1. The van der Waals surface area contributed by atoms with Gasteiger partial charge in [-0.05, 0) is 62.2 Å². The van der Waals surface area contributed by atoms with Gasteiger partial charge >= 0.3 is 0 Å². The van der Waals surface area contributed by atoms with Crippen LogP contribution < -0.4 is 15.8 Å². The predicted octanol–water partition coefficient (Wildman–Crippen LogP) is 3.58. The molecule has 0 aliphatic rings. The molecule has 2 aromatic rings. The number of benzene rings is 2. The van der Waals surface area contributed by atoms with Crippen LogP contribution in [0.1, 0.15) is 19.4 Å². The molecule has 4 nitrogen and oxygen atoms in total. The van der Waals surface area contributed by atoms with Gasteiger partial charge in [-0.3, -0.25) is 4.99 Å². The van der Waals surface area contributed by atoms with Gasteiger partial charge in [-0.15, -0.1) is 0 Å². The maximum absolute atomic E-state index is 12.8. The summed E-state index contributed by atoms with van der Waals surface area (Å²) in [6.07, 6.45) is 0.857. The Morgan fingerprint density at radius 1 is 1.13 bits per heavy atom. The van der Waals surface area contributed by atoms with Gasteiger partial charge in [-0.2, -0.15) is 0 Å². The third kappa shape index (κ3) is 5.98. The molecule has 0 atom stereocenters. The molecule has 0 unspecified atom stereocenters. The molecule has 122 valence electrons. The van der Waals surface area contributed by atoms with Gasteiger partial charge in [-0.1, -0.05) is 12.1 Å². The fourth-order valence-corrected chi connectivity index (χ4v) is 2.03. The molecule has 0 amide bonds. The van der Waals surface area contributed by atoms with E-state index in [2.05, 4.69) is 10.3 Å². The van der Waals surface area contributed by atoms with Crippen molar-refractivity contribution in [3.05, 3.63) is 59.9 Å². The van der Waals surface area contributed by atoms with E-state index in [9.17, 15) is 4.39 Å². The van der Waals surface area contributed by atoms with Crippen molar-refractivity contribution in [1.29, 1.82) is 0 Å². The fraction of sp³-hybridized carbons (Fsp3) is 0.278. The van der Waals surface area contributed by atoms with Crippen LogP contribution in [-0.4, -0.2) is 18.6 Å². The Kier molecular flexibility index (Phi) is 5.97. The summed E-state index contributed by atoms with van der Waals surface area (Å²) in [4.78, 5) is 4.27. The average Bonchev–Trinajstić information content (AvgIpc) is 2.51. The number of hydrogen-bond acceptors (Lipinski definition) is 2. The van der Waals surface area contributed by atoms with E-state index >= 15 is 0 Å². The Bertz CT molecular complexity index is 636. The lowest BCUT2D eigenvalue weighted by atomic mass is 10.1. The Labute approximate surface area is 136 Å². The van der Waals surface area contributed by atoms with Crippen molar-refractivity contribution in [3.8, 4) is 5.75 Å². The monoisotopic (exact) mass is 315 g/mol. The van der Waals surface area contributed by atoms with Gasteiger partial charge in [0.25, 0.3) is 0 Å². The summed E-state index contributed by atoms with van der Waals surface area (Å²) in [5.74, 6) is 0.935. The molecule has 0 fully saturated rings. The summed E-state index contributed by atoms with van der Waals surface area (Å²) in [6.45, 7) is 4.51. The molecule has 0 radical (unpaired) electrons. The van der Waals surface area contributed by atoms with Crippen LogP contribution in [0.5, 0.6) is 5.75 Å². The van der Waals surface area contributed by atoms with Crippen LogP contribution in [-0.2, 0) is 6.42 Å². The van der Waals surface area contributed by atoms with Gasteiger partial charge in [0, 0.05) is 12.2 Å². The summed E-state index contributed by atoms with van der Waals surface area (Å²) in [7, 11) is 0. The van der Waals surface area contributed by atoms with E-state index < -0.39 is 0 Å². The molecule has 0 heterocycles. The van der Waals surface area contributed by atoms with Crippen molar-refractivity contribution in [2.45, 2.75) is 26.4 Å². The Balaban J connectivity index is 1.83. The van der Waals surface area contributed by atoms with Crippen LogP contribution in [0.3, 0.4) is 0 Å². The number of aliphatic imine (C=N–C) groups is 1. The lowest BCUT2D eigenvalue weighted by Crippen LogP contribution is -2.23. The van der Waals surface area contributed by atoms with Gasteiger partial charge < -0.3 is 15.8 Å². The highest BCUT2D eigenvalue weighted by atomic mass is 19.1. The van der Waals surface area contributed by atoms with Crippen molar-refractivity contribution in [2.75, 3.05) is 11.9 Å². The number of nitrogens with zero attached hydrogens (tertiary/aromatic N) is 1. The second-order valence-electron chi connectivity index (χ2n) is 5.46. The van der Waals surface area contributed by atoms with Crippen molar-refractivity contribution < 1.29 is 9.13 Å². The van der Waals surface area contributed by atoms with Crippen LogP contribution >= 0.6 is 0 Å². The summed E-state index contributed by atoms with van der Waals surface area (Å²) in [6, 6.07) is 13.9. The Morgan fingerprint density at radius 2 is 1.78 bits per heavy atom. The minimum atomic E-state index is -0.233. The summed E-state index contributed by atoms with van der Waals surface area (Å²) in [5, 5.41) is 3.03. The first-order chi connectivity index (χ1) is 11.0. The standard InChI is InChI=1S/C18H22FN3O/c1-13(2)23-17-9-7-16(8-10-17)22-18(20)21-12-11-14-3-5-15(19)6-4-14/h3-10,13H,11-12H2,1-2H3,(H3,20,21,22). The Morgan fingerprint density at radius 3 is 2.39 bits per heavy atom. The molecule has 0 aliphatic heterocycles. The number of rotatable bonds is 6. The third-order valence-electron chi connectivity index (χ3n) is 3.09. The molecular formula is C18H22FN3O. The number of hydrogen-bond donors (Lipinski definition) is 2. The number of nitrogens with one attached hydrogen (secondary N) is 1. The lowest BCUT2D eigenvalue weighted by molar-refractivity contribution is 0.242. The van der Waals surface area contributed by atoms with Crippen molar-refractivity contribution in [3.63, 3.8) is 0 Å². The molecule has 2 rings (SSSR count). The van der Waals surface area contributed by atoms with Gasteiger partial charge in [-0.25, -0.2) is 4.39 Å². The first-order valence-corrected chi connectivity index (χ1v) is 7.61. The largest absolute Gasteiger partial charge is 0.491 e. The highest BCUT2D eigenvalue weighted by Gasteiger charge is 1.99. The summed E-state index contributed by atoms with van der Waals surface area (Å²) >= 11 is 0. The molecule has 23 heavy (non-hydrogen) atoms. The van der Waals surface area contributed by atoms with E-state index in [1.807, 2.05) is 38.1 Å². The fourth-order valence-electron chi connectivity index (χ4n) is 2.03. The van der Waals surface area contributed by atoms with Gasteiger partial charge in [0.15, 0.2) is 5.96 Å². The molecule has 0 aromatic heterocycles. The van der Waals surface area contributed by atoms with Gasteiger partial charge in [0.2, 0.25) is 0 Å². The maximum atomic E-state index is 12.8. The zero-order valence-electron chi connectivity index (χ0n) is 13.4. The predicted molar refractivity (Wildman–Crippen MR) is 92.4 cm³/mol. The normalized spacial score (nSPS) is 11.6. The first kappa shape index (κ1) is 16.8. The van der Waals surface area contributed by atoms with Crippen molar-refractivity contribution >= 4 is 11.6 Å². The van der Waals surface area contributed by atoms with Crippen molar-refractivity contribution in [1.82, 2.24) is 0 Å². The molecule has 3 N–H and O–H groups in total. The maximum Gasteiger partial charge on any atom is 0.193 e. The SMILES string of the molecule is CC(C)Oc1ccc(NC(N)=NCCc2ccc(F)cc2)cc1. The smallest absolute Gasteiger partial charge is 0.193 e. The lowest BCUT2D eigenvalue weighted by Gasteiger charge is -2.11. The van der Waals surface area contributed by atoms with Crippen molar-refractivity contribution in [2.24, 2.45) is 10.7 Å². The molecule has 5 heteroatoms. The Hall–Kier alpha value is -2.56. The highest BCUT2D eigenvalue weighted by Crippen LogP contribution is 2.16. The molecule has 0 spiro atoms. The second-order valence-corrected chi connectivity index (χ2v) is 5.46. The van der Waals surface area contributed by atoms with Crippen LogP contribution in [0.15, 0.2) is 53.5 Å². The van der Waals surface area contributed by atoms with E-state index in [-0.39, 0.29) is 11.9 Å². The molecule has 0 bridgehead atoms. The number of anilines is 1. The molecule has 0 aliphatic carbocycles. The molecular weight excluding hydrogens is 293 g/mol. The van der Waals surface area contributed by atoms with Crippen LogP contribution in [0.25, 0.3) is 0 Å². The second kappa shape index (κ2) is 8.17. The highest BCUT2D eigenvalue weighted by molar-refractivity contribution is 5.92. The molecule has 2 aromatic carbocycles. The molecule has 0 saturated heterocycles. The number of ether oxygens (including phenoxy) is 1. The van der Waals surface area contributed by atoms with E-state index in [1.54, 1.807) is 12.1 Å². The minimum Gasteiger partial charge on any atom is -0.491 e. The first-order valence-electron chi connectivity index (χ1n) is 7.61. The zero-order valence-corrected chi connectivity index (χ0v) is 13.4.